The Morgan fingerprint density at radius 1 is 1.00 bits per heavy atom. The highest BCUT2D eigenvalue weighted by Gasteiger charge is 2.32. The van der Waals surface area contributed by atoms with E-state index < -0.39 is 0 Å². The molecule has 0 unspecified atom stereocenters. The van der Waals surface area contributed by atoms with E-state index in [9.17, 15) is 4.79 Å². The van der Waals surface area contributed by atoms with E-state index in [0.717, 1.165) is 66.9 Å². The van der Waals surface area contributed by atoms with E-state index in [1.165, 1.54) is 6.07 Å². The number of fused-ring (bicyclic) bond motifs is 2. The SMILES string of the molecule is CN1Cc2c(-c3c(F)ccc4cc(C5CCOCC5)ncc34)nc(C3CCOCC3)n2CC1=O. The molecule has 178 valence electrons. The number of hydrogen-bond acceptors (Lipinski definition) is 5. The molecule has 0 aliphatic carbocycles. The zero-order chi connectivity index (χ0) is 23.2. The number of ether oxygens (including phenoxy) is 2. The van der Waals surface area contributed by atoms with E-state index in [-0.39, 0.29) is 24.2 Å². The summed E-state index contributed by atoms with van der Waals surface area (Å²) in [6.07, 6.45) is 5.42. The summed E-state index contributed by atoms with van der Waals surface area (Å²) >= 11 is 0. The minimum atomic E-state index is -0.313. The van der Waals surface area contributed by atoms with Crippen molar-refractivity contribution in [2.75, 3.05) is 33.5 Å². The highest BCUT2D eigenvalue weighted by Crippen LogP contribution is 2.39. The topological polar surface area (TPSA) is 69.5 Å². The Balaban J connectivity index is 1.49. The van der Waals surface area contributed by atoms with Crippen molar-refractivity contribution in [2.45, 2.75) is 50.6 Å². The molecule has 0 atom stereocenters. The molecule has 8 heteroatoms. The van der Waals surface area contributed by atoms with E-state index in [1.54, 1.807) is 18.1 Å². The molecule has 34 heavy (non-hydrogen) atoms. The highest BCUT2D eigenvalue weighted by atomic mass is 19.1. The van der Waals surface area contributed by atoms with Crippen LogP contribution in [0.3, 0.4) is 0 Å². The fourth-order valence-corrected chi connectivity index (χ4v) is 5.55. The molecule has 2 aromatic heterocycles. The zero-order valence-electron chi connectivity index (χ0n) is 19.4. The van der Waals surface area contributed by atoms with Gasteiger partial charge in [-0.1, -0.05) is 6.07 Å². The fraction of sp³-hybridized carbons (Fsp3) is 0.500. The summed E-state index contributed by atoms with van der Waals surface area (Å²) in [6, 6.07) is 5.45. The number of rotatable bonds is 3. The Bertz CT molecular complexity index is 1240. The Labute approximate surface area is 197 Å². The number of carbonyl (C=O) groups is 1. The molecule has 3 aliphatic rings. The molecule has 7 nitrogen and oxygen atoms in total. The second-order valence-electron chi connectivity index (χ2n) is 9.63. The van der Waals surface area contributed by atoms with Gasteiger partial charge in [0.25, 0.3) is 0 Å². The Kier molecular flexibility index (Phi) is 5.57. The maximum atomic E-state index is 15.5. The van der Waals surface area contributed by atoms with Gasteiger partial charge in [-0.15, -0.1) is 0 Å². The van der Waals surface area contributed by atoms with Crippen molar-refractivity contribution in [3.05, 3.63) is 47.4 Å². The molecule has 1 amide bonds. The quantitative estimate of drug-likeness (QED) is 0.586. The number of pyridine rings is 1. The van der Waals surface area contributed by atoms with Gasteiger partial charge in [-0.3, -0.25) is 9.78 Å². The monoisotopic (exact) mass is 464 g/mol. The van der Waals surface area contributed by atoms with E-state index in [1.807, 2.05) is 10.6 Å². The molecule has 1 aromatic carbocycles. The number of benzene rings is 1. The van der Waals surface area contributed by atoms with Gasteiger partial charge in [-0.2, -0.15) is 0 Å². The van der Waals surface area contributed by atoms with Gasteiger partial charge in [0.05, 0.1) is 17.9 Å². The zero-order valence-corrected chi connectivity index (χ0v) is 19.4. The molecule has 0 saturated carbocycles. The summed E-state index contributed by atoms with van der Waals surface area (Å²) in [7, 11) is 1.79. The van der Waals surface area contributed by atoms with Gasteiger partial charge in [0.2, 0.25) is 5.91 Å². The molecule has 6 rings (SSSR count). The van der Waals surface area contributed by atoms with Gasteiger partial charge >= 0.3 is 0 Å². The molecule has 0 bridgehead atoms. The van der Waals surface area contributed by atoms with Gasteiger partial charge in [-0.05, 0) is 43.2 Å². The number of hydrogen-bond donors (Lipinski definition) is 0. The Hall–Kier alpha value is -2.84. The third-order valence-corrected chi connectivity index (χ3v) is 7.55. The molecule has 3 aromatic rings. The molecule has 0 spiro atoms. The van der Waals surface area contributed by atoms with E-state index in [4.69, 9.17) is 19.4 Å². The van der Waals surface area contributed by atoms with Crippen LogP contribution in [0.4, 0.5) is 4.39 Å². The second kappa shape index (κ2) is 8.74. The first-order valence-corrected chi connectivity index (χ1v) is 12.2. The van der Waals surface area contributed by atoms with Crippen molar-refractivity contribution in [1.29, 1.82) is 0 Å². The van der Waals surface area contributed by atoms with Crippen LogP contribution in [-0.2, 0) is 27.4 Å². The lowest BCUT2D eigenvalue weighted by Crippen LogP contribution is -2.37. The van der Waals surface area contributed by atoms with Gasteiger partial charge in [0.15, 0.2) is 0 Å². The molecular weight excluding hydrogens is 435 g/mol. The summed E-state index contributed by atoms with van der Waals surface area (Å²) < 4.78 is 28.5. The van der Waals surface area contributed by atoms with Crippen LogP contribution in [0, 0.1) is 5.82 Å². The summed E-state index contributed by atoms with van der Waals surface area (Å²) in [5.41, 5.74) is 3.04. The standard InChI is InChI=1S/C26H29FN4O3/c1-30-14-22-25(29-26(31(22)15-23(30)32)17-6-10-34-11-7-17)24-19-13-28-21(16-4-8-33-9-5-16)12-18(19)2-3-20(24)27/h2-3,12-13,16-17H,4-11,14-15H2,1H3. The van der Waals surface area contributed by atoms with Crippen LogP contribution in [0.1, 0.15) is 54.7 Å². The molecule has 2 saturated heterocycles. The fourth-order valence-electron chi connectivity index (χ4n) is 5.55. The molecule has 0 N–H and O–H groups in total. The van der Waals surface area contributed by atoms with Gasteiger partial charge < -0.3 is 18.9 Å². The number of aromatic nitrogens is 3. The normalized spacial score (nSPS) is 20.2. The second-order valence-corrected chi connectivity index (χ2v) is 9.63. The summed E-state index contributed by atoms with van der Waals surface area (Å²) in [5.74, 6) is 1.18. The van der Waals surface area contributed by atoms with Crippen LogP contribution in [0.25, 0.3) is 22.0 Å². The maximum Gasteiger partial charge on any atom is 0.242 e. The summed E-state index contributed by atoms with van der Waals surface area (Å²) in [5, 5.41) is 1.72. The predicted molar refractivity (Wildman–Crippen MR) is 125 cm³/mol. The van der Waals surface area contributed by atoms with E-state index in [0.29, 0.717) is 36.9 Å². The lowest BCUT2D eigenvalue weighted by atomic mass is 9.93. The predicted octanol–water partition coefficient (Wildman–Crippen LogP) is 4.00. The Morgan fingerprint density at radius 3 is 2.44 bits per heavy atom. The minimum absolute atomic E-state index is 0.0471. The van der Waals surface area contributed by atoms with E-state index in [2.05, 4.69) is 6.07 Å². The number of imidazole rings is 1. The number of likely N-dealkylation sites (N-methyl/N-ethyl adjacent to an activating group) is 1. The van der Waals surface area contributed by atoms with Crippen molar-refractivity contribution in [3.63, 3.8) is 0 Å². The third-order valence-electron chi connectivity index (χ3n) is 7.55. The van der Waals surface area contributed by atoms with Gasteiger partial charge in [0, 0.05) is 68.2 Å². The minimum Gasteiger partial charge on any atom is -0.381 e. The number of nitrogens with zero attached hydrogens (tertiary/aromatic N) is 4. The highest BCUT2D eigenvalue weighted by molar-refractivity contribution is 5.96. The first-order chi connectivity index (χ1) is 16.6. The maximum absolute atomic E-state index is 15.5. The van der Waals surface area contributed by atoms with Crippen molar-refractivity contribution < 1.29 is 18.7 Å². The van der Waals surface area contributed by atoms with Crippen LogP contribution in [-0.4, -0.2) is 58.8 Å². The van der Waals surface area contributed by atoms with Crippen LogP contribution in [0.15, 0.2) is 24.4 Å². The average Bonchev–Trinajstić information content (AvgIpc) is 3.22. The van der Waals surface area contributed by atoms with Crippen molar-refractivity contribution in [1.82, 2.24) is 19.4 Å². The number of carbonyl (C=O) groups excluding carboxylic acids is 1. The van der Waals surface area contributed by atoms with Crippen molar-refractivity contribution >= 4 is 16.7 Å². The first-order valence-electron chi connectivity index (χ1n) is 12.2. The number of halogens is 1. The average molecular weight is 465 g/mol. The summed E-state index contributed by atoms with van der Waals surface area (Å²) in [6.45, 7) is 3.51. The van der Waals surface area contributed by atoms with Crippen LogP contribution in [0.5, 0.6) is 0 Å². The van der Waals surface area contributed by atoms with Gasteiger partial charge in [-0.25, -0.2) is 9.37 Å². The first kappa shape index (κ1) is 21.7. The molecule has 5 heterocycles. The van der Waals surface area contributed by atoms with Crippen LogP contribution in [0.2, 0.25) is 0 Å². The van der Waals surface area contributed by atoms with Crippen LogP contribution >= 0.6 is 0 Å². The van der Waals surface area contributed by atoms with Crippen LogP contribution < -0.4 is 0 Å². The number of amides is 1. The largest absolute Gasteiger partial charge is 0.381 e. The lowest BCUT2D eigenvalue weighted by Gasteiger charge is -2.28. The lowest BCUT2D eigenvalue weighted by molar-refractivity contribution is -0.132. The smallest absolute Gasteiger partial charge is 0.242 e. The molecular formula is C26H29FN4O3. The molecule has 0 radical (unpaired) electrons. The summed E-state index contributed by atoms with van der Waals surface area (Å²) in [4.78, 5) is 24.0. The van der Waals surface area contributed by atoms with Crippen molar-refractivity contribution in [2.24, 2.45) is 0 Å². The molecule has 2 fully saturated rings. The van der Waals surface area contributed by atoms with Gasteiger partial charge in [0.1, 0.15) is 18.2 Å². The van der Waals surface area contributed by atoms with Crippen molar-refractivity contribution in [3.8, 4) is 11.3 Å². The van der Waals surface area contributed by atoms with E-state index >= 15 is 4.39 Å². The third kappa shape index (κ3) is 3.69. The molecule has 3 aliphatic heterocycles. The Morgan fingerprint density at radius 2 is 1.71 bits per heavy atom.